The highest BCUT2D eigenvalue weighted by Crippen LogP contribution is 2.28. The van der Waals surface area contributed by atoms with Crippen molar-refractivity contribution >= 4 is 33.4 Å². The van der Waals surface area contributed by atoms with Gasteiger partial charge in [0.15, 0.2) is 0 Å². The molecule has 2 amide bonds. The van der Waals surface area contributed by atoms with Crippen LogP contribution in [0.4, 0.5) is 5.69 Å². The van der Waals surface area contributed by atoms with Crippen molar-refractivity contribution in [3.05, 3.63) is 58.1 Å². The summed E-state index contributed by atoms with van der Waals surface area (Å²) in [5, 5.41) is 2.91. The van der Waals surface area contributed by atoms with Gasteiger partial charge >= 0.3 is 0 Å². The minimum Gasteiger partial charge on any atom is -0.492 e. The molecule has 2 aromatic carbocycles. The number of rotatable bonds is 7. The van der Waals surface area contributed by atoms with Crippen molar-refractivity contribution < 1.29 is 14.3 Å². The van der Waals surface area contributed by atoms with Crippen molar-refractivity contribution in [1.29, 1.82) is 0 Å². The predicted molar refractivity (Wildman–Crippen MR) is 128 cm³/mol. The molecule has 3 rings (SSSR count). The maximum absolute atomic E-state index is 13.2. The van der Waals surface area contributed by atoms with Gasteiger partial charge in [0.25, 0.3) is 11.8 Å². The molecule has 1 aliphatic carbocycles. The van der Waals surface area contributed by atoms with Crippen LogP contribution in [0.15, 0.2) is 46.9 Å². The molecule has 0 aromatic heterocycles. The molecule has 1 saturated carbocycles. The number of hydrogen-bond donors (Lipinski definition) is 1. The third-order valence-corrected chi connectivity index (χ3v) is 6.23. The first-order valence-corrected chi connectivity index (χ1v) is 11.8. The van der Waals surface area contributed by atoms with Crippen LogP contribution in [0, 0.1) is 5.92 Å². The first-order valence-electron chi connectivity index (χ1n) is 11.0. The summed E-state index contributed by atoms with van der Waals surface area (Å²) >= 11 is 3.49. The SMILES string of the molecule is CC(C)COc1ccc(C(=O)Nc2ccccc2C(=O)N(C)C2CCCCC2)cc1Br. The predicted octanol–water partition coefficient (Wildman–Crippen LogP) is 6.14. The van der Waals surface area contributed by atoms with Crippen molar-refractivity contribution in [1.82, 2.24) is 4.90 Å². The molecule has 166 valence electrons. The third-order valence-electron chi connectivity index (χ3n) is 5.61. The second-order valence-electron chi connectivity index (χ2n) is 8.56. The highest BCUT2D eigenvalue weighted by molar-refractivity contribution is 9.10. The van der Waals surface area contributed by atoms with Gasteiger partial charge in [-0.25, -0.2) is 0 Å². The third kappa shape index (κ3) is 6.10. The van der Waals surface area contributed by atoms with Gasteiger partial charge < -0.3 is 15.0 Å². The molecule has 0 unspecified atom stereocenters. The average Bonchev–Trinajstić information content (AvgIpc) is 2.78. The van der Waals surface area contributed by atoms with Gasteiger partial charge in [0.2, 0.25) is 0 Å². The Balaban J connectivity index is 1.73. The molecule has 0 spiro atoms. The molecule has 1 N–H and O–H groups in total. The van der Waals surface area contributed by atoms with Crippen molar-refractivity contribution in [3.8, 4) is 5.75 Å². The number of carbonyl (C=O) groups is 2. The number of anilines is 1. The van der Waals surface area contributed by atoms with Crippen molar-refractivity contribution in [2.24, 2.45) is 5.92 Å². The largest absolute Gasteiger partial charge is 0.492 e. The van der Waals surface area contributed by atoms with Crippen LogP contribution >= 0.6 is 15.9 Å². The Morgan fingerprint density at radius 2 is 1.84 bits per heavy atom. The van der Waals surface area contributed by atoms with Gasteiger partial charge in [0, 0.05) is 18.7 Å². The molecule has 0 radical (unpaired) electrons. The molecule has 0 aliphatic heterocycles. The number of hydrogen-bond acceptors (Lipinski definition) is 3. The first kappa shape index (κ1) is 23.3. The van der Waals surface area contributed by atoms with Crippen LogP contribution in [0.25, 0.3) is 0 Å². The van der Waals surface area contributed by atoms with E-state index in [-0.39, 0.29) is 17.9 Å². The zero-order valence-electron chi connectivity index (χ0n) is 18.5. The number of halogens is 1. The monoisotopic (exact) mass is 486 g/mol. The molecule has 1 fully saturated rings. The van der Waals surface area contributed by atoms with Gasteiger partial charge in [-0.05, 0) is 65.0 Å². The van der Waals surface area contributed by atoms with E-state index in [1.54, 1.807) is 30.3 Å². The molecule has 0 saturated heterocycles. The highest BCUT2D eigenvalue weighted by Gasteiger charge is 2.25. The summed E-state index contributed by atoms with van der Waals surface area (Å²) in [5.74, 6) is 0.795. The Bertz CT molecular complexity index is 923. The number of para-hydroxylation sites is 1. The molecule has 2 aromatic rings. The Kier molecular flexibility index (Phi) is 8.13. The molecule has 0 bridgehead atoms. The summed E-state index contributed by atoms with van der Waals surface area (Å²) < 4.78 is 6.48. The summed E-state index contributed by atoms with van der Waals surface area (Å²) in [6.07, 6.45) is 5.63. The van der Waals surface area contributed by atoms with E-state index in [1.165, 1.54) is 6.42 Å². The van der Waals surface area contributed by atoms with Crippen molar-refractivity contribution in [3.63, 3.8) is 0 Å². The van der Waals surface area contributed by atoms with Crippen molar-refractivity contribution in [2.75, 3.05) is 19.0 Å². The molecule has 5 nitrogen and oxygen atoms in total. The van der Waals surface area contributed by atoms with Gasteiger partial charge in [-0.15, -0.1) is 0 Å². The van der Waals surface area contributed by atoms with E-state index in [4.69, 9.17) is 4.74 Å². The first-order chi connectivity index (χ1) is 14.9. The Morgan fingerprint density at radius 1 is 1.13 bits per heavy atom. The van der Waals surface area contributed by atoms with E-state index < -0.39 is 0 Å². The second-order valence-corrected chi connectivity index (χ2v) is 9.41. The zero-order chi connectivity index (χ0) is 22.4. The molecule has 0 heterocycles. The molecule has 1 aliphatic rings. The number of amides is 2. The van der Waals surface area contributed by atoms with Crippen LogP contribution in [0.1, 0.15) is 66.7 Å². The second kappa shape index (κ2) is 10.8. The van der Waals surface area contributed by atoms with E-state index in [9.17, 15) is 9.59 Å². The van der Waals surface area contributed by atoms with E-state index in [2.05, 4.69) is 35.1 Å². The number of benzene rings is 2. The summed E-state index contributed by atoms with van der Waals surface area (Å²) in [4.78, 5) is 27.9. The topological polar surface area (TPSA) is 58.6 Å². The molecular weight excluding hydrogens is 456 g/mol. The van der Waals surface area contributed by atoms with Crippen LogP contribution in [-0.2, 0) is 0 Å². The lowest BCUT2D eigenvalue weighted by molar-refractivity contribution is 0.0697. The highest BCUT2D eigenvalue weighted by atomic mass is 79.9. The molecule has 0 atom stereocenters. The van der Waals surface area contributed by atoms with Gasteiger partial charge in [-0.3, -0.25) is 9.59 Å². The minimum atomic E-state index is -0.267. The summed E-state index contributed by atoms with van der Waals surface area (Å²) in [7, 11) is 1.86. The summed E-state index contributed by atoms with van der Waals surface area (Å²) in [5.41, 5.74) is 1.53. The number of carbonyl (C=O) groups excluding carboxylic acids is 2. The number of ether oxygens (including phenoxy) is 1. The van der Waals surface area contributed by atoms with Crippen LogP contribution in [0.3, 0.4) is 0 Å². The smallest absolute Gasteiger partial charge is 0.255 e. The van der Waals surface area contributed by atoms with E-state index in [1.807, 2.05) is 24.1 Å². The quantitative estimate of drug-likeness (QED) is 0.510. The molecular formula is C25H31BrN2O3. The van der Waals surface area contributed by atoms with E-state index in [0.29, 0.717) is 35.1 Å². The van der Waals surface area contributed by atoms with Crippen LogP contribution < -0.4 is 10.1 Å². The van der Waals surface area contributed by atoms with Gasteiger partial charge in [-0.1, -0.05) is 45.2 Å². The maximum atomic E-state index is 13.2. The minimum absolute atomic E-state index is 0.0542. The average molecular weight is 487 g/mol. The number of nitrogens with one attached hydrogen (secondary N) is 1. The van der Waals surface area contributed by atoms with Gasteiger partial charge in [0.05, 0.1) is 22.3 Å². The normalized spacial score (nSPS) is 14.4. The lowest BCUT2D eigenvalue weighted by Crippen LogP contribution is -2.38. The summed E-state index contributed by atoms with van der Waals surface area (Å²) in [6, 6.07) is 12.7. The number of nitrogens with zero attached hydrogens (tertiary/aromatic N) is 1. The van der Waals surface area contributed by atoms with Gasteiger partial charge in [0.1, 0.15) is 5.75 Å². The fourth-order valence-electron chi connectivity index (χ4n) is 3.81. The zero-order valence-corrected chi connectivity index (χ0v) is 20.1. The fourth-order valence-corrected chi connectivity index (χ4v) is 4.31. The summed E-state index contributed by atoms with van der Waals surface area (Å²) in [6.45, 7) is 4.77. The lowest BCUT2D eigenvalue weighted by atomic mass is 9.94. The van der Waals surface area contributed by atoms with Gasteiger partial charge in [-0.2, -0.15) is 0 Å². The van der Waals surface area contributed by atoms with E-state index >= 15 is 0 Å². The molecule has 6 heteroatoms. The fraction of sp³-hybridized carbons (Fsp3) is 0.440. The van der Waals surface area contributed by atoms with Crippen molar-refractivity contribution in [2.45, 2.75) is 52.0 Å². The Labute approximate surface area is 193 Å². The van der Waals surface area contributed by atoms with E-state index in [0.717, 1.165) is 30.2 Å². The lowest BCUT2D eigenvalue weighted by Gasteiger charge is -2.31. The Morgan fingerprint density at radius 3 is 2.52 bits per heavy atom. The maximum Gasteiger partial charge on any atom is 0.255 e. The standard InChI is InChI=1S/C25H31BrN2O3/c1-17(2)16-31-23-14-13-18(15-21(23)26)24(29)27-22-12-8-7-11-20(22)25(30)28(3)19-9-5-4-6-10-19/h7-8,11-15,17,19H,4-6,9-10,16H2,1-3H3,(H,27,29). The Hall–Kier alpha value is -2.34. The van der Waals surface area contributed by atoms with Crippen LogP contribution in [-0.4, -0.2) is 36.4 Å². The molecule has 31 heavy (non-hydrogen) atoms. The van der Waals surface area contributed by atoms with Crippen LogP contribution in [0.5, 0.6) is 5.75 Å². The van der Waals surface area contributed by atoms with Crippen LogP contribution in [0.2, 0.25) is 0 Å².